The molecule has 0 heterocycles. The van der Waals surface area contributed by atoms with Gasteiger partial charge in [-0.15, -0.1) is 0 Å². The fourth-order valence-corrected chi connectivity index (χ4v) is 2.64. The highest BCUT2D eigenvalue weighted by Crippen LogP contribution is 2.42. The average molecular weight is 344 g/mol. The second kappa shape index (κ2) is 8.35. The van der Waals surface area contributed by atoms with Crippen molar-refractivity contribution >= 4 is 11.6 Å². The minimum Gasteiger partial charge on any atom is -0.493 e. The van der Waals surface area contributed by atoms with Gasteiger partial charge >= 0.3 is 0 Å². The summed E-state index contributed by atoms with van der Waals surface area (Å²) < 4.78 is 11.5. The van der Waals surface area contributed by atoms with E-state index in [2.05, 4.69) is 25.2 Å². The lowest BCUT2D eigenvalue weighted by atomic mass is 9.98. The molecule has 1 aromatic carbocycles. The van der Waals surface area contributed by atoms with E-state index in [9.17, 15) is 10.1 Å². The van der Waals surface area contributed by atoms with Gasteiger partial charge < -0.3 is 14.8 Å². The number of nitriles is 1. The maximum Gasteiger partial charge on any atom is 0.256 e. The number of benzene rings is 1. The van der Waals surface area contributed by atoms with Crippen molar-refractivity contribution < 1.29 is 14.3 Å². The summed E-state index contributed by atoms with van der Waals surface area (Å²) >= 11 is 0. The zero-order chi connectivity index (χ0) is 18.4. The Morgan fingerprint density at radius 3 is 2.72 bits per heavy atom. The van der Waals surface area contributed by atoms with E-state index in [0.717, 1.165) is 19.3 Å². The molecule has 0 aliphatic heterocycles. The highest BCUT2D eigenvalue weighted by atomic mass is 16.5. The Balaban J connectivity index is 2.12. The van der Waals surface area contributed by atoms with Crippen LogP contribution in [-0.2, 0) is 9.53 Å². The minimum absolute atomic E-state index is 0.184. The van der Waals surface area contributed by atoms with Gasteiger partial charge in [0.2, 0.25) is 0 Å². The van der Waals surface area contributed by atoms with E-state index in [-0.39, 0.29) is 11.8 Å². The molecule has 1 aromatic rings. The summed E-state index contributed by atoms with van der Waals surface area (Å²) in [7, 11) is 0. The van der Waals surface area contributed by atoms with Crippen LogP contribution in [0.5, 0.6) is 5.75 Å². The van der Waals surface area contributed by atoms with Gasteiger partial charge in [0.25, 0.3) is 5.91 Å². The zero-order valence-corrected chi connectivity index (χ0v) is 15.6. The van der Waals surface area contributed by atoms with E-state index in [1.165, 1.54) is 0 Å². The summed E-state index contributed by atoms with van der Waals surface area (Å²) in [5, 5.41) is 12.3. The summed E-state index contributed by atoms with van der Waals surface area (Å²) in [6.07, 6.45) is 2.86. The first-order chi connectivity index (χ1) is 11.9. The second-order valence-electron chi connectivity index (χ2n) is 7.21. The van der Waals surface area contributed by atoms with Crippen molar-refractivity contribution in [1.82, 2.24) is 0 Å². The summed E-state index contributed by atoms with van der Waals surface area (Å²) in [4.78, 5) is 12.8. The Morgan fingerprint density at radius 2 is 2.16 bits per heavy atom. The molecular formula is C20H28N2O3. The molecular weight excluding hydrogens is 316 g/mol. The topological polar surface area (TPSA) is 71.3 Å². The van der Waals surface area contributed by atoms with Gasteiger partial charge in [0.05, 0.1) is 17.9 Å². The number of rotatable bonds is 9. The largest absolute Gasteiger partial charge is 0.493 e. The van der Waals surface area contributed by atoms with Crippen LogP contribution in [0.2, 0.25) is 0 Å². The van der Waals surface area contributed by atoms with Crippen molar-refractivity contribution in [3.05, 3.63) is 23.8 Å². The predicted molar refractivity (Wildman–Crippen MR) is 97.5 cm³/mol. The molecule has 0 bridgehead atoms. The van der Waals surface area contributed by atoms with Crippen LogP contribution < -0.4 is 10.1 Å². The van der Waals surface area contributed by atoms with Crippen molar-refractivity contribution in [3.63, 3.8) is 0 Å². The quantitative estimate of drug-likeness (QED) is 0.731. The molecule has 136 valence electrons. The summed E-state index contributed by atoms with van der Waals surface area (Å²) in [6.45, 7) is 9.13. The maximum absolute atomic E-state index is 12.8. The van der Waals surface area contributed by atoms with E-state index in [1.807, 2.05) is 13.8 Å². The number of anilines is 1. The standard InChI is InChI=1S/C20H28N2O3/c1-5-10-25-20(4,16-6-7-16)19(23)22-18-9-8-17(11-15(18)12-21)24-13-14(2)3/h8-9,11,14,16H,5-7,10,13H2,1-4H3,(H,22,23)/t20-/m0/s1. The number of amides is 1. The van der Waals surface area contributed by atoms with Gasteiger partial charge in [0, 0.05) is 6.61 Å². The lowest BCUT2D eigenvalue weighted by Crippen LogP contribution is -2.45. The first-order valence-electron chi connectivity index (χ1n) is 9.03. The molecule has 2 rings (SSSR count). The third-order valence-corrected chi connectivity index (χ3v) is 4.36. The van der Waals surface area contributed by atoms with Gasteiger partial charge in [-0.2, -0.15) is 5.26 Å². The highest BCUT2D eigenvalue weighted by Gasteiger charge is 2.48. The third kappa shape index (κ3) is 4.96. The molecule has 0 aromatic heterocycles. The Bertz CT molecular complexity index is 647. The predicted octanol–water partition coefficient (Wildman–Crippen LogP) is 4.13. The second-order valence-corrected chi connectivity index (χ2v) is 7.21. The molecule has 5 nitrogen and oxygen atoms in total. The zero-order valence-electron chi connectivity index (χ0n) is 15.6. The number of hydrogen-bond acceptors (Lipinski definition) is 4. The van der Waals surface area contributed by atoms with Crippen LogP contribution in [-0.4, -0.2) is 24.7 Å². The lowest BCUT2D eigenvalue weighted by molar-refractivity contribution is -0.142. The van der Waals surface area contributed by atoms with Crippen LogP contribution in [0.25, 0.3) is 0 Å². The van der Waals surface area contributed by atoms with Gasteiger partial charge in [-0.25, -0.2) is 0 Å². The van der Waals surface area contributed by atoms with Gasteiger partial charge in [0.15, 0.2) is 0 Å². The number of nitrogens with zero attached hydrogens (tertiary/aromatic N) is 1. The molecule has 0 spiro atoms. The van der Waals surface area contributed by atoms with Crippen molar-refractivity contribution in [3.8, 4) is 11.8 Å². The van der Waals surface area contributed by atoms with Crippen LogP contribution in [0.1, 0.15) is 52.5 Å². The molecule has 0 radical (unpaired) electrons. The van der Waals surface area contributed by atoms with E-state index in [4.69, 9.17) is 9.47 Å². The number of ether oxygens (including phenoxy) is 2. The van der Waals surface area contributed by atoms with E-state index in [0.29, 0.717) is 36.1 Å². The molecule has 1 saturated carbocycles. The van der Waals surface area contributed by atoms with Crippen LogP contribution >= 0.6 is 0 Å². The number of nitrogens with one attached hydrogen (secondary N) is 1. The number of hydrogen-bond donors (Lipinski definition) is 1. The Labute approximate surface area is 150 Å². The fraction of sp³-hybridized carbons (Fsp3) is 0.600. The Morgan fingerprint density at radius 1 is 1.44 bits per heavy atom. The monoisotopic (exact) mass is 344 g/mol. The third-order valence-electron chi connectivity index (χ3n) is 4.36. The van der Waals surface area contributed by atoms with Crippen LogP contribution in [0.3, 0.4) is 0 Å². The lowest BCUT2D eigenvalue weighted by Gasteiger charge is -2.29. The molecule has 1 atom stereocenters. The first kappa shape index (κ1) is 19.3. The molecule has 1 aliphatic carbocycles. The molecule has 1 fully saturated rings. The molecule has 1 N–H and O–H groups in total. The van der Waals surface area contributed by atoms with Crippen LogP contribution in [0, 0.1) is 23.2 Å². The van der Waals surface area contributed by atoms with Crippen molar-refractivity contribution in [2.45, 2.75) is 52.6 Å². The van der Waals surface area contributed by atoms with Gasteiger partial charge in [-0.1, -0.05) is 20.8 Å². The summed E-state index contributed by atoms with van der Waals surface area (Å²) in [6, 6.07) is 7.30. The van der Waals surface area contributed by atoms with Crippen molar-refractivity contribution in [2.75, 3.05) is 18.5 Å². The fourth-order valence-electron chi connectivity index (χ4n) is 2.64. The molecule has 0 unspecified atom stereocenters. The molecule has 25 heavy (non-hydrogen) atoms. The van der Waals surface area contributed by atoms with Crippen LogP contribution in [0.4, 0.5) is 5.69 Å². The average Bonchev–Trinajstić information content (AvgIpc) is 3.44. The Kier molecular flexibility index (Phi) is 6.44. The minimum atomic E-state index is -0.838. The highest BCUT2D eigenvalue weighted by molar-refractivity contribution is 5.98. The normalized spacial score (nSPS) is 16.2. The number of carbonyl (C=O) groups excluding carboxylic acids is 1. The summed E-state index contributed by atoms with van der Waals surface area (Å²) in [5.41, 5.74) is 0.0508. The summed E-state index contributed by atoms with van der Waals surface area (Å²) in [5.74, 6) is 1.10. The molecule has 1 aliphatic rings. The SMILES string of the molecule is CCCO[C@](C)(C(=O)Nc1ccc(OCC(C)C)cc1C#N)C1CC1. The van der Waals surface area contributed by atoms with Crippen molar-refractivity contribution in [2.24, 2.45) is 11.8 Å². The van der Waals surface area contributed by atoms with E-state index in [1.54, 1.807) is 18.2 Å². The molecule has 5 heteroatoms. The number of carbonyl (C=O) groups is 1. The maximum atomic E-state index is 12.8. The van der Waals surface area contributed by atoms with E-state index < -0.39 is 5.60 Å². The van der Waals surface area contributed by atoms with Crippen molar-refractivity contribution in [1.29, 1.82) is 5.26 Å². The van der Waals surface area contributed by atoms with Gasteiger partial charge in [0.1, 0.15) is 17.4 Å². The van der Waals surface area contributed by atoms with E-state index >= 15 is 0 Å². The molecule has 1 amide bonds. The first-order valence-corrected chi connectivity index (χ1v) is 9.03. The van der Waals surface area contributed by atoms with Gasteiger partial charge in [-0.3, -0.25) is 4.79 Å². The van der Waals surface area contributed by atoms with Gasteiger partial charge in [-0.05, 0) is 56.2 Å². The smallest absolute Gasteiger partial charge is 0.256 e. The molecule has 0 saturated heterocycles. The Hall–Kier alpha value is -2.06. The van der Waals surface area contributed by atoms with Crippen LogP contribution in [0.15, 0.2) is 18.2 Å².